The molecule has 1 aliphatic rings. The third kappa shape index (κ3) is 5.02. The molecule has 2 unspecified atom stereocenters. The van der Waals surface area contributed by atoms with Crippen LogP contribution in [0.3, 0.4) is 0 Å². The van der Waals surface area contributed by atoms with Crippen LogP contribution in [0.4, 0.5) is 5.69 Å². The Hall–Kier alpha value is -2.37. The molecule has 0 saturated heterocycles. The number of anilines is 1. The van der Waals surface area contributed by atoms with E-state index < -0.39 is 12.0 Å². The first-order valence-corrected chi connectivity index (χ1v) is 10.6. The zero-order valence-electron chi connectivity index (χ0n) is 18.2. The van der Waals surface area contributed by atoms with Gasteiger partial charge < -0.3 is 10.2 Å². The highest BCUT2D eigenvalue weighted by atomic mass is 35.5. The van der Waals surface area contributed by atoms with E-state index in [4.69, 9.17) is 11.6 Å². The van der Waals surface area contributed by atoms with Crippen molar-refractivity contribution in [3.05, 3.63) is 64.7 Å². The third-order valence-corrected chi connectivity index (χ3v) is 5.56. The number of halogens is 1. The SMILES string of the molecule is CN(C)C(=O)C1NC(CC(C)(C)C)c2ccc(Cl)cc2NC(=O)[C@H]1c1ccccc1. The van der Waals surface area contributed by atoms with Crippen molar-refractivity contribution in [1.82, 2.24) is 10.2 Å². The lowest BCUT2D eigenvalue weighted by Crippen LogP contribution is -2.53. The Kier molecular flexibility index (Phi) is 6.53. The number of nitrogens with zero attached hydrogens (tertiary/aromatic N) is 1. The molecule has 1 heterocycles. The van der Waals surface area contributed by atoms with Crippen LogP contribution >= 0.6 is 11.6 Å². The summed E-state index contributed by atoms with van der Waals surface area (Å²) < 4.78 is 0. The minimum atomic E-state index is -0.696. The Bertz CT molecular complexity index is 922. The zero-order valence-corrected chi connectivity index (χ0v) is 19.0. The number of carbonyl (C=O) groups excluding carboxylic acids is 2. The second kappa shape index (κ2) is 8.78. The van der Waals surface area contributed by atoms with Crippen molar-refractivity contribution >= 4 is 29.1 Å². The molecule has 0 radical (unpaired) electrons. The van der Waals surface area contributed by atoms with Gasteiger partial charge in [-0.3, -0.25) is 14.9 Å². The molecule has 2 aromatic carbocycles. The number of amides is 2. The molecule has 2 amide bonds. The summed E-state index contributed by atoms with van der Waals surface area (Å²) in [6.07, 6.45) is 0.788. The molecule has 0 fully saturated rings. The average Bonchev–Trinajstić information content (AvgIpc) is 2.65. The summed E-state index contributed by atoms with van der Waals surface area (Å²) in [5, 5.41) is 7.17. The van der Waals surface area contributed by atoms with E-state index in [2.05, 4.69) is 31.4 Å². The molecule has 0 aromatic heterocycles. The van der Waals surface area contributed by atoms with Crippen molar-refractivity contribution in [3.8, 4) is 0 Å². The van der Waals surface area contributed by atoms with E-state index in [1.54, 1.807) is 25.1 Å². The van der Waals surface area contributed by atoms with Gasteiger partial charge in [0.2, 0.25) is 11.8 Å². The molecule has 0 bridgehead atoms. The van der Waals surface area contributed by atoms with E-state index in [9.17, 15) is 9.59 Å². The number of likely N-dealkylation sites (N-methyl/N-ethyl adjacent to an activating group) is 1. The Morgan fingerprint density at radius 1 is 1.10 bits per heavy atom. The van der Waals surface area contributed by atoms with Crippen molar-refractivity contribution in [2.45, 2.75) is 45.2 Å². The molecule has 2 aromatic rings. The van der Waals surface area contributed by atoms with Crippen molar-refractivity contribution in [1.29, 1.82) is 0 Å². The molecule has 2 N–H and O–H groups in total. The molecule has 3 atom stereocenters. The molecule has 3 rings (SSSR count). The van der Waals surface area contributed by atoms with Crippen molar-refractivity contribution in [3.63, 3.8) is 0 Å². The highest BCUT2D eigenvalue weighted by Gasteiger charge is 2.40. The first-order chi connectivity index (χ1) is 14.1. The average molecular weight is 428 g/mol. The molecule has 1 aliphatic heterocycles. The van der Waals surface area contributed by atoms with Crippen LogP contribution in [0.5, 0.6) is 0 Å². The van der Waals surface area contributed by atoms with Crippen LogP contribution in [0.2, 0.25) is 5.02 Å². The minimum Gasteiger partial charge on any atom is -0.347 e. The fourth-order valence-electron chi connectivity index (χ4n) is 3.98. The minimum absolute atomic E-state index is 0.00569. The fourth-order valence-corrected chi connectivity index (χ4v) is 4.15. The number of carbonyl (C=O) groups is 2. The molecule has 160 valence electrons. The first-order valence-electron chi connectivity index (χ1n) is 10.2. The van der Waals surface area contributed by atoms with Gasteiger partial charge in [-0.1, -0.05) is 68.8 Å². The van der Waals surface area contributed by atoms with E-state index >= 15 is 0 Å². The normalized spacial score (nSPS) is 21.8. The van der Waals surface area contributed by atoms with Crippen LogP contribution in [0.1, 0.15) is 50.3 Å². The lowest BCUT2D eigenvalue weighted by molar-refractivity contribution is -0.134. The molecule has 0 aliphatic carbocycles. The van der Waals surface area contributed by atoms with Gasteiger partial charge in [-0.05, 0) is 35.1 Å². The van der Waals surface area contributed by atoms with E-state index in [0.29, 0.717) is 10.7 Å². The van der Waals surface area contributed by atoms with E-state index in [1.807, 2.05) is 42.5 Å². The van der Waals surface area contributed by atoms with Crippen LogP contribution in [0.15, 0.2) is 48.5 Å². The van der Waals surface area contributed by atoms with Crippen LogP contribution in [-0.4, -0.2) is 36.9 Å². The van der Waals surface area contributed by atoms with Crippen LogP contribution in [0, 0.1) is 5.41 Å². The van der Waals surface area contributed by atoms with Crippen molar-refractivity contribution < 1.29 is 9.59 Å². The summed E-state index contributed by atoms with van der Waals surface area (Å²) in [4.78, 5) is 28.2. The van der Waals surface area contributed by atoms with Crippen LogP contribution < -0.4 is 10.6 Å². The van der Waals surface area contributed by atoms with Gasteiger partial charge in [-0.15, -0.1) is 0 Å². The maximum absolute atomic E-state index is 13.4. The lowest BCUT2D eigenvalue weighted by atomic mass is 9.81. The highest BCUT2D eigenvalue weighted by Crippen LogP contribution is 2.38. The maximum atomic E-state index is 13.4. The molecule has 0 saturated carbocycles. The smallest absolute Gasteiger partial charge is 0.240 e. The van der Waals surface area contributed by atoms with Crippen molar-refractivity contribution in [2.75, 3.05) is 19.4 Å². The molecule has 5 nitrogen and oxygen atoms in total. The largest absolute Gasteiger partial charge is 0.347 e. The summed E-state index contributed by atoms with van der Waals surface area (Å²) in [5.74, 6) is -1.03. The summed E-state index contributed by atoms with van der Waals surface area (Å²) in [5.41, 5.74) is 2.42. The Morgan fingerprint density at radius 3 is 2.37 bits per heavy atom. The molecule has 6 heteroatoms. The number of hydrogen-bond donors (Lipinski definition) is 2. The Morgan fingerprint density at radius 2 is 1.77 bits per heavy atom. The number of rotatable bonds is 3. The maximum Gasteiger partial charge on any atom is 0.240 e. The predicted molar refractivity (Wildman–Crippen MR) is 122 cm³/mol. The molecular weight excluding hydrogens is 398 g/mol. The summed E-state index contributed by atoms with van der Waals surface area (Å²) >= 11 is 6.24. The topological polar surface area (TPSA) is 61.4 Å². The fraction of sp³-hybridized carbons (Fsp3) is 0.417. The van der Waals surface area contributed by atoms with E-state index in [0.717, 1.165) is 17.5 Å². The standard InChI is InChI=1S/C24H30ClN3O2/c1-24(2,3)14-19-17-12-11-16(25)13-18(17)27-22(29)20(15-9-7-6-8-10-15)21(26-19)23(30)28(4)5/h6-13,19-21,26H,14H2,1-5H3,(H,27,29)/t19?,20-,21?/m0/s1. The van der Waals surface area contributed by atoms with Gasteiger partial charge in [0.05, 0.1) is 5.92 Å². The number of benzene rings is 2. The summed E-state index contributed by atoms with van der Waals surface area (Å²) in [7, 11) is 3.43. The first kappa shape index (κ1) is 22.3. The Labute approximate surface area is 183 Å². The zero-order chi connectivity index (χ0) is 22.1. The van der Waals surface area contributed by atoms with E-state index in [-0.39, 0.29) is 23.3 Å². The second-order valence-electron chi connectivity index (χ2n) is 9.30. The molecule has 30 heavy (non-hydrogen) atoms. The molecular formula is C24H30ClN3O2. The lowest BCUT2D eigenvalue weighted by Gasteiger charge is -2.37. The van der Waals surface area contributed by atoms with Gasteiger partial charge >= 0.3 is 0 Å². The third-order valence-electron chi connectivity index (χ3n) is 5.33. The summed E-state index contributed by atoms with van der Waals surface area (Å²) in [6, 6.07) is 14.2. The number of fused-ring (bicyclic) bond motifs is 1. The molecule has 0 spiro atoms. The highest BCUT2D eigenvalue weighted by molar-refractivity contribution is 6.31. The van der Waals surface area contributed by atoms with Gasteiger partial charge in [0, 0.05) is 30.8 Å². The summed E-state index contributed by atoms with van der Waals surface area (Å²) in [6.45, 7) is 6.50. The van der Waals surface area contributed by atoms with Crippen molar-refractivity contribution in [2.24, 2.45) is 5.41 Å². The Balaban J connectivity index is 2.16. The number of hydrogen-bond acceptors (Lipinski definition) is 3. The van der Waals surface area contributed by atoms with Gasteiger partial charge in [0.1, 0.15) is 6.04 Å². The quantitative estimate of drug-likeness (QED) is 0.752. The van der Waals surface area contributed by atoms with Gasteiger partial charge in [0.25, 0.3) is 0 Å². The predicted octanol–water partition coefficient (Wildman–Crippen LogP) is 4.60. The van der Waals surface area contributed by atoms with Gasteiger partial charge in [-0.2, -0.15) is 0 Å². The second-order valence-corrected chi connectivity index (χ2v) is 9.74. The van der Waals surface area contributed by atoms with E-state index in [1.165, 1.54) is 0 Å². The number of nitrogens with one attached hydrogen (secondary N) is 2. The van der Waals surface area contributed by atoms with Gasteiger partial charge in [0.15, 0.2) is 0 Å². The van der Waals surface area contributed by atoms with Crippen LogP contribution in [-0.2, 0) is 9.59 Å². The van der Waals surface area contributed by atoms with Crippen LogP contribution in [0.25, 0.3) is 0 Å². The van der Waals surface area contributed by atoms with Gasteiger partial charge in [-0.25, -0.2) is 0 Å². The monoisotopic (exact) mass is 427 g/mol.